The van der Waals surface area contributed by atoms with Crippen LogP contribution in [-0.4, -0.2) is 23.1 Å². The van der Waals surface area contributed by atoms with Crippen molar-refractivity contribution >= 4 is 22.7 Å². The normalized spacial score (nSPS) is 23.7. The van der Waals surface area contributed by atoms with Crippen LogP contribution in [-0.2, 0) is 11.2 Å². The molecule has 1 unspecified atom stereocenters. The summed E-state index contributed by atoms with van der Waals surface area (Å²) in [6, 6.07) is 7.82. The van der Waals surface area contributed by atoms with Crippen LogP contribution in [0.5, 0.6) is 0 Å². The SMILES string of the molecule is CCOC1CC(CC(Cl)Cc2nc3ccccc3o2)C1. The van der Waals surface area contributed by atoms with E-state index < -0.39 is 0 Å². The van der Waals surface area contributed by atoms with Gasteiger partial charge in [-0.3, -0.25) is 0 Å². The summed E-state index contributed by atoms with van der Waals surface area (Å²) in [7, 11) is 0. The number of alkyl halides is 1. The van der Waals surface area contributed by atoms with Crippen LogP contribution in [0.2, 0.25) is 0 Å². The van der Waals surface area contributed by atoms with Crippen LogP contribution in [0.15, 0.2) is 28.7 Å². The Labute approximate surface area is 124 Å². The fourth-order valence-electron chi connectivity index (χ4n) is 2.88. The summed E-state index contributed by atoms with van der Waals surface area (Å²) in [6.45, 7) is 2.86. The standard InChI is InChI=1S/C16H20ClNO2/c1-2-19-13-8-11(9-13)7-12(17)10-16-18-14-5-3-4-6-15(14)20-16/h3-6,11-13H,2,7-10H2,1H3. The van der Waals surface area contributed by atoms with Crippen molar-refractivity contribution in [3.63, 3.8) is 0 Å². The van der Waals surface area contributed by atoms with Crippen LogP contribution in [0.3, 0.4) is 0 Å². The predicted molar refractivity (Wildman–Crippen MR) is 80.1 cm³/mol. The molecule has 3 rings (SSSR count). The third kappa shape index (κ3) is 3.15. The fourth-order valence-corrected chi connectivity index (χ4v) is 3.26. The lowest BCUT2D eigenvalue weighted by Crippen LogP contribution is -2.33. The Morgan fingerprint density at radius 3 is 2.95 bits per heavy atom. The van der Waals surface area contributed by atoms with E-state index in [1.54, 1.807) is 0 Å². The van der Waals surface area contributed by atoms with E-state index in [9.17, 15) is 0 Å². The minimum absolute atomic E-state index is 0.0932. The lowest BCUT2D eigenvalue weighted by atomic mass is 9.79. The number of oxazole rings is 1. The molecule has 3 nitrogen and oxygen atoms in total. The molecule has 0 amide bonds. The number of fused-ring (bicyclic) bond motifs is 1. The molecule has 20 heavy (non-hydrogen) atoms. The molecule has 4 heteroatoms. The second kappa shape index (κ2) is 6.15. The summed E-state index contributed by atoms with van der Waals surface area (Å²) < 4.78 is 11.3. The van der Waals surface area contributed by atoms with E-state index in [4.69, 9.17) is 20.8 Å². The Morgan fingerprint density at radius 2 is 2.20 bits per heavy atom. The number of rotatable bonds is 6. The summed E-state index contributed by atoms with van der Waals surface area (Å²) in [6.07, 6.45) is 4.46. The minimum Gasteiger partial charge on any atom is -0.441 e. The van der Waals surface area contributed by atoms with Crippen molar-refractivity contribution < 1.29 is 9.15 Å². The van der Waals surface area contributed by atoms with Gasteiger partial charge in [0, 0.05) is 18.4 Å². The molecular formula is C16H20ClNO2. The zero-order valence-corrected chi connectivity index (χ0v) is 12.5. The molecule has 0 bridgehead atoms. The molecule has 1 atom stereocenters. The van der Waals surface area contributed by atoms with Gasteiger partial charge in [0.15, 0.2) is 11.5 Å². The molecule has 0 saturated heterocycles. The van der Waals surface area contributed by atoms with E-state index in [0.29, 0.717) is 18.4 Å². The zero-order chi connectivity index (χ0) is 13.9. The molecule has 0 radical (unpaired) electrons. The highest BCUT2D eigenvalue weighted by atomic mass is 35.5. The average molecular weight is 294 g/mol. The van der Waals surface area contributed by atoms with Crippen LogP contribution in [0, 0.1) is 5.92 Å². The van der Waals surface area contributed by atoms with Crippen molar-refractivity contribution in [3.8, 4) is 0 Å². The molecule has 0 spiro atoms. The number of hydrogen-bond donors (Lipinski definition) is 0. The first-order valence-corrected chi connectivity index (χ1v) is 7.78. The number of para-hydroxylation sites is 2. The van der Waals surface area contributed by atoms with Crippen molar-refractivity contribution in [2.75, 3.05) is 6.61 Å². The number of hydrogen-bond acceptors (Lipinski definition) is 3. The lowest BCUT2D eigenvalue weighted by molar-refractivity contribution is -0.0267. The minimum atomic E-state index is 0.0932. The zero-order valence-electron chi connectivity index (χ0n) is 11.7. The Morgan fingerprint density at radius 1 is 1.40 bits per heavy atom. The quantitative estimate of drug-likeness (QED) is 0.749. The maximum Gasteiger partial charge on any atom is 0.196 e. The number of halogens is 1. The fraction of sp³-hybridized carbons (Fsp3) is 0.562. The third-order valence-corrected chi connectivity index (χ3v) is 4.25. The van der Waals surface area contributed by atoms with Crippen LogP contribution >= 0.6 is 11.6 Å². The van der Waals surface area contributed by atoms with Crippen molar-refractivity contribution in [1.29, 1.82) is 0 Å². The van der Waals surface area contributed by atoms with Gasteiger partial charge in [0.05, 0.1) is 6.10 Å². The predicted octanol–water partition coefficient (Wildman–Crippen LogP) is 4.18. The van der Waals surface area contributed by atoms with E-state index in [1.165, 1.54) is 0 Å². The second-order valence-corrected chi connectivity index (χ2v) is 6.14. The molecule has 1 saturated carbocycles. The summed E-state index contributed by atoms with van der Waals surface area (Å²) in [5, 5.41) is 0.0932. The van der Waals surface area contributed by atoms with Crippen LogP contribution in [0.25, 0.3) is 11.1 Å². The van der Waals surface area contributed by atoms with Crippen LogP contribution < -0.4 is 0 Å². The van der Waals surface area contributed by atoms with Crippen molar-refractivity contribution in [3.05, 3.63) is 30.2 Å². The van der Waals surface area contributed by atoms with Gasteiger partial charge in [-0.05, 0) is 44.2 Å². The van der Waals surface area contributed by atoms with Gasteiger partial charge in [0.1, 0.15) is 5.52 Å². The first kappa shape index (κ1) is 13.9. The molecule has 1 heterocycles. The first-order chi connectivity index (χ1) is 9.74. The highest BCUT2D eigenvalue weighted by Gasteiger charge is 2.31. The molecule has 1 aromatic carbocycles. The van der Waals surface area contributed by atoms with E-state index in [1.807, 2.05) is 31.2 Å². The van der Waals surface area contributed by atoms with Crippen molar-refractivity contribution in [2.45, 2.75) is 44.1 Å². The third-order valence-electron chi connectivity index (χ3n) is 3.92. The van der Waals surface area contributed by atoms with Gasteiger partial charge in [0.25, 0.3) is 0 Å². The van der Waals surface area contributed by atoms with E-state index >= 15 is 0 Å². The summed E-state index contributed by atoms with van der Waals surface area (Å²) in [5.74, 6) is 1.44. The molecule has 0 aliphatic heterocycles. The van der Waals surface area contributed by atoms with Crippen molar-refractivity contribution in [1.82, 2.24) is 4.98 Å². The van der Waals surface area contributed by atoms with Crippen molar-refractivity contribution in [2.24, 2.45) is 5.92 Å². The first-order valence-electron chi connectivity index (χ1n) is 7.34. The summed E-state index contributed by atoms with van der Waals surface area (Å²) in [4.78, 5) is 4.47. The van der Waals surface area contributed by atoms with Gasteiger partial charge in [-0.15, -0.1) is 11.6 Å². The van der Waals surface area contributed by atoms with E-state index in [0.717, 1.165) is 42.9 Å². The number of ether oxygens (including phenoxy) is 1. The van der Waals surface area contributed by atoms with E-state index in [2.05, 4.69) is 4.98 Å². The van der Waals surface area contributed by atoms with Gasteiger partial charge >= 0.3 is 0 Å². The Kier molecular flexibility index (Phi) is 4.27. The molecule has 2 aromatic rings. The van der Waals surface area contributed by atoms with Gasteiger partial charge in [-0.2, -0.15) is 0 Å². The lowest BCUT2D eigenvalue weighted by Gasteiger charge is -2.35. The molecule has 1 aromatic heterocycles. The number of benzene rings is 1. The maximum atomic E-state index is 6.43. The van der Waals surface area contributed by atoms with Crippen LogP contribution in [0.1, 0.15) is 32.1 Å². The van der Waals surface area contributed by atoms with Gasteiger partial charge in [-0.1, -0.05) is 12.1 Å². The van der Waals surface area contributed by atoms with Crippen LogP contribution in [0.4, 0.5) is 0 Å². The van der Waals surface area contributed by atoms with Gasteiger partial charge in [-0.25, -0.2) is 4.98 Å². The molecule has 1 aliphatic carbocycles. The highest BCUT2D eigenvalue weighted by Crippen LogP contribution is 2.35. The molecule has 108 valence electrons. The number of nitrogens with zero attached hydrogens (tertiary/aromatic N) is 1. The Hall–Kier alpha value is -1.06. The average Bonchev–Trinajstić information content (AvgIpc) is 2.78. The van der Waals surface area contributed by atoms with Gasteiger partial charge in [0.2, 0.25) is 0 Å². The van der Waals surface area contributed by atoms with E-state index in [-0.39, 0.29) is 5.38 Å². The largest absolute Gasteiger partial charge is 0.441 e. The topological polar surface area (TPSA) is 35.3 Å². The number of aromatic nitrogens is 1. The maximum absolute atomic E-state index is 6.43. The Balaban J connectivity index is 1.50. The monoisotopic (exact) mass is 293 g/mol. The van der Waals surface area contributed by atoms with Gasteiger partial charge < -0.3 is 9.15 Å². The molecular weight excluding hydrogens is 274 g/mol. The molecule has 1 fully saturated rings. The smallest absolute Gasteiger partial charge is 0.196 e. The summed E-state index contributed by atoms with van der Waals surface area (Å²) >= 11 is 6.43. The molecule has 1 aliphatic rings. The Bertz CT molecular complexity index is 529. The highest BCUT2D eigenvalue weighted by molar-refractivity contribution is 6.20. The molecule has 0 N–H and O–H groups in total. The second-order valence-electron chi connectivity index (χ2n) is 5.53. The summed E-state index contributed by atoms with van der Waals surface area (Å²) in [5.41, 5.74) is 1.75.